The lowest BCUT2D eigenvalue weighted by molar-refractivity contribution is -0.132. The number of piperidine rings is 1. The molecule has 0 aliphatic carbocycles. The van der Waals surface area contributed by atoms with Crippen molar-refractivity contribution in [1.82, 2.24) is 4.90 Å². The zero-order chi connectivity index (χ0) is 18.5. The van der Waals surface area contributed by atoms with Crippen molar-refractivity contribution in [2.24, 2.45) is 5.92 Å². The molecule has 2 aromatic rings. The number of carbonyl (C=O) groups is 2. The number of rotatable bonds is 5. The first-order valence-electron chi connectivity index (χ1n) is 8.85. The van der Waals surface area contributed by atoms with Crippen LogP contribution in [0.15, 0.2) is 48.5 Å². The summed E-state index contributed by atoms with van der Waals surface area (Å²) in [6, 6.07) is 12.7. The number of hydrogen-bond donors (Lipinski definition) is 0. The van der Waals surface area contributed by atoms with Gasteiger partial charge < -0.3 is 4.90 Å². The number of halogens is 2. The highest BCUT2D eigenvalue weighted by molar-refractivity contribution is 5.98. The van der Waals surface area contributed by atoms with Crippen LogP contribution >= 0.6 is 0 Å². The van der Waals surface area contributed by atoms with Gasteiger partial charge in [0.05, 0.1) is 5.56 Å². The second kappa shape index (κ2) is 8.21. The minimum absolute atomic E-state index is 0.0664. The molecular weight excluding hydrogens is 336 g/mol. The second-order valence-electron chi connectivity index (χ2n) is 6.63. The Kier molecular flexibility index (Phi) is 5.76. The first-order valence-corrected chi connectivity index (χ1v) is 8.85. The van der Waals surface area contributed by atoms with Gasteiger partial charge in [-0.2, -0.15) is 0 Å². The Bertz CT molecular complexity index is 784. The van der Waals surface area contributed by atoms with E-state index in [-0.39, 0.29) is 23.2 Å². The predicted molar refractivity (Wildman–Crippen MR) is 94.8 cm³/mol. The highest BCUT2D eigenvalue weighted by Crippen LogP contribution is 2.24. The molecule has 0 unspecified atom stereocenters. The smallest absolute Gasteiger partial charge is 0.222 e. The molecule has 3 nitrogen and oxygen atoms in total. The van der Waals surface area contributed by atoms with E-state index in [9.17, 15) is 18.4 Å². The Labute approximate surface area is 151 Å². The normalized spacial score (nSPS) is 15.1. The van der Waals surface area contributed by atoms with Gasteiger partial charge in [-0.3, -0.25) is 9.59 Å². The highest BCUT2D eigenvalue weighted by atomic mass is 19.1. The van der Waals surface area contributed by atoms with Crippen LogP contribution in [-0.2, 0) is 11.2 Å². The Balaban J connectivity index is 1.53. The molecule has 0 N–H and O–H groups in total. The van der Waals surface area contributed by atoms with E-state index in [1.54, 1.807) is 4.90 Å². The van der Waals surface area contributed by atoms with E-state index in [0.717, 1.165) is 23.8 Å². The van der Waals surface area contributed by atoms with Crippen molar-refractivity contribution in [3.05, 3.63) is 71.3 Å². The molecule has 1 amide bonds. The van der Waals surface area contributed by atoms with E-state index < -0.39 is 11.6 Å². The molecule has 0 radical (unpaired) electrons. The number of benzene rings is 2. The predicted octanol–water partition coefficient (Wildman–Crippen LogP) is 4.02. The van der Waals surface area contributed by atoms with Gasteiger partial charge in [-0.1, -0.05) is 30.3 Å². The van der Waals surface area contributed by atoms with Gasteiger partial charge in [0.1, 0.15) is 11.6 Å². The van der Waals surface area contributed by atoms with Gasteiger partial charge in [0.25, 0.3) is 0 Å². The van der Waals surface area contributed by atoms with E-state index in [0.29, 0.717) is 38.8 Å². The number of Topliss-reactive ketones (excluding diaryl/α,β-unsaturated/α-hetero) is 1. The maximum atomic E-state index is 13.8. The van der Waals surface area contributed by atoms with Gasteiger partial charge in [-0.05, 0) is 43.0 Å². The third kappa shape index (κ3) is 4.34. The lowest BCUT2D eigenvalue weighted by Crippen LogP contribution is -2.40. The largest absolute Gasteiger partial charge is 0.343 e. The van der Waals surface area contributed by atoms with Crippen LogP contribution in [0.3, 0.4) is 0 Å². The van der Waals surface area contributed by atoms with Gasteiger partial charge in [0.2, 0.25) is 5.91 Å². The van der Waals surface area contributed by atoms with Gasteiger partial charge in [-0.15, -0.1) is 0 Å². The maximum Gasteiger partial charge on any atom is 0.222 e. The molecule has 26 heavy (non-hydrogen) atoms. The van der Waals surface area contributed by atoms with Crippen LogP contribution in [0, 0.1) is 17.6 Å². The summed E-state index contributed by atoms with van der Waals surface area (Å²) in [5.41, 5.74) is 0.923. The van der Waals surface area contributed by atoms with Crippen molar-refractivity contribution in [2.75, 3.05) is 13.1 Å². The molecule has 1 aliphatic heterocycles. The first kappa shape index (κ1) is 18.2. The lowest BCUT2D eigenvalue weighted by Gasteiger charge is -2.31. The third-order valence-electron chi connectivity index (χ3n) is 4.88. The van der Waals surface area contributed by atoms with Gasteiger partial charge in [0.15, 0.2) is 5.78 Å². The molecule has 0 saturated carbocycles. The van der Waals surface area contributed by atoms with Gasteiger partial charge >= 0.3 is 0 Å². The second-order valence-corrected chi connectivity index (χ2v) is 6.63. The van der Waals surface area contributed by atoms with E-state index >= 15 is 0 Å². The monoisotopic (exact) mass is 357 g/mol. The number of carbonyl (C=O) groups excluding carboxylic acids is 2. The summed E-state index contributed by atoms with van der Waals surface area (Å²) >= 11 is 0. The molecule has 0 bridgehead atoms. The van der Waals surface area contributed by atoms with E-state index in [1.807, 2.05) is 30.3 Å². The fourth-order valence-electron chi connectivity index (χ4n) is 3.35. The van der Waals surface area contributed by atoms with E-state index in [4.69, 9.17) is 0 Å². The number of amides is 1. The zero-order valence-electron chi connectivity index (χ0n) is 14.5. The Morgan fingerprint density at radius 1 is 1.00 bits per heavy atom. The van der Waals surface area contributed by atoms with Crippen LogP contribution in [0.2, 0.25) is 0 Å². The number of nitrogens with zero attached hydrogens (tertiary/aromatic N) is 1. The summed E-state index contributed by atoms with van der Waals surface area (Å²) in [6.07, 6.45) is 2.08. The van der Waals surface area contributed by atoms with Crippen LogP contribution in [0.25, 0.3) is 0 Å². The molecule has 1 aliphatic rings. The van der Waals surface area contributed by atoms with Crippen molar-refractivity contribution in [1.29, 1.82) is 0 Å². The number of likely N-dealkylation sites (tertiary alicyclic amines) is 1. The van der Waals surface area contributed by atoms with E-state index in [2.05, 4.69) is 0 Å². The summed E-state index contributed by atoms with van der Waals surface area (Å²) in [6.45, 7) is 0.946. The molecule has 3 rings (SSSR count). The topological polar surface area (TPSA) is 37.4 Å². The Hall–Kier alpha value is -2.56. The van der Waals surface area contributed by atoms with Gasteiger partial charge in [0, 0.05) is 25.4 Å². The van der Waals surface area contributed by atoms with E-state index in [1.165, 1.54) is 0 Å². The van der Waals surface area contributed by atoms with Crippen molar-refractivity contribution in [3.8, 4) is 0 Å². The quantitative estimate of drug-likeness (QED) is 0.758. The Morgan fingerprint density at radius 3 is 2.38 bits per heavy atom. The summed E-state index contributed by atoms with van der Waals surface area (Å²) < 4.78 is 27.1. The molecule has 1 saturated heterocycles. The molecule has 2 aromatic carbocycles. The van der Waals surface area contributed by atoms with Crippen molar-refractivity contribution in [3.63, 3.8) is 0 Å². The van der Waals surface area contributed by atoms with Crippen LogP contribution in [0.4, 0.5) is 8.78 Å². The molecule has 5 heteroatoms. The zero-order valence-corrected chi connectivity index (χ0v) is 14.5. The standard InChI is InChI=1S/C21H21F2NO2/c22-17-7-8-19(23)18(14-17)21(26)16-10-12-24(13-11-16)20(25)9-6-15-4-2-1-3-5-15/h1-5,7-8,14,16H,6,9-13H2. The summed E-state index contributed by atoms with van der Waals surface area (Å²) in [5, 5.41) is 0. The lowest BCUT2D eigenvalue weighted by atomic mass is 9.88. The first-order chi connectivity index (χ1) is 12.5. The molecule has 0 atom stereocenters. The molecular formula is C21H21F2NO2. The highest BCUT2D eigenvalue weighted by Gasteiger charge is 2.29. The minimum Gasteiger partial charge on any atom is -0.343 e. The fourth-order valence-corrected chi connectivity index (χ4v) is 3.35. The molecule has 1 heterocycles. The van der Waals surface area contributed by atoms with Crippen LogP contribution < -0.4 is 0 Å². The van der Waals surface area contributed by atoms with Crippen LogP contribution in [0.1, 0.15) is 35.2 Å². The SMILES string of the molecule is O=C(c1cc(F)ccc1F)C1CCN(C(=O)CCc2ccccc2)CC1. The third-order valence-corrected chi connectivity index (χ3v) is 4.88. The summed E-state index contributed by atoms with van der Waals surface area (Å²) in [4.78, 5) is 26.6. The molecule has 136 valence electrons. The molecule has 0 aromatic heterocycles. The average Bonchev–Trinajstić information content (AvgIpc) is 2.68. The maximum absolute atomic E-state index is 13.8. The van der Waals surface area contributed by atoms with Crippen LogP contribution in [-0.4, -0.2) is 29.7 Å². The number of hydrogen-bond acceptors (Lipinski definition) is 2. The minimum atomic E-state index is -0.697. The Morgan fingerprint density at radius 2 is 1.69 bits per heavy atom. The number of aryl methyl sites for hydroxylation is 1. The average molecular weight is 357 g/mol. The van der Waals surface area contributed by atoms with Gasteiger partial charge in [-0.25, -0.2) is 8.78 Å². The summed E-state index contributed by atoms with van der Waals surface area (Å²) in [5.74, 6) is -2.00. The number of ketones is 1. The molecule has 0 spiro atoms. The molecule has 1 fully saturated rings. The fraction of sp³-hybridized carbons (Fsp3) is 0.333. The van der Waals surface area contributed by atoms with Crippen LogP contribution in [0.5, 0.6) is 0 Å². The summed E-state index contributed by atoms with van der Waals surface area (Å²) in [7, 11) is 0. The van der Waals surface area contributed by atoms with Crippen molar-refractivity contribution in [2.45, 2.75) is 25.7 Å². The van der Waals surface area contributed by atoms with Crippen molar-refractivity contribution >= 4 is 11.7 Å². The van der Waals surface area contributed by atoms with Crippen molar-refractivity contribution < 1.29 is 18.4 Å².